The van der Waals surface area contributed by atoms with Crippen LogP contribution in [-0.4, -0.2) is 30.8 Å². The van der Waals surface area contributed by atoms with E-state index in [2.05, 4.69) is 10.6 Å². The average Bonchev–Trinajstić information content (AvgIpc) is 3.11. The van der Waals surface area contributed by atoms with Crippen molar-refractivity contribution in [2.75, 3.05) is 18.0 Å². The van der Waals surface area contributed by atoms with Gasteiger partial charge in [-0.15, -0.1) is 0 Å². The van der Waals surface area contributed by atoms with Crippen LogP contribution in [0, 0.1) is 0 Å². The van der Waals surface area contributed by atoms with E-state index in [1.807, 2.05) is 30.3 Å². The van der Waals surface area contributed by atoms with Crippen LogP contribution in [0.15, 0.2) is 54.6 Å². The topological polar surface area (TPSA) is 78.5 Å². The van der Waals surface area contributed by atoms with Gasteiger partial charge in [0.1, 0.15) is 0 Å². The Kier molecular flexibility index (Phi) is 5.63. The van der Waals surface area contributed by atoms with E-state index >= 15 is 0 Å². The summed E-state index contributed by atoms with van der Waals surface area (Å²) < 4.78 is 0. The van der Waals surface area contributed by atoms with E-state index in [-0.39, 0.29) is 24.3 Å². The van der Waals surface area contributed by atoms with Crippen molar-refractivity contribution < 1.29 is 14.4 Å². The number of nitrogens with one attached hydrogen (secondary N) is 2. The van der Waals surface area contributed by atoms with Crippen LogP contribution < -0.4 is 15.5 Å². The first kappa shape index (κ1) is 17.7. The molecular weight excluding hydrogens is 330 g/mol. The van der Waals surface area contributed by atoms with E-state index in [4.69, 9.17) is 0 Å². The van der Waals surface area contributed by atoms with Crippen LogP contribution in [-0.2, 0) is 16.1 Å². The third-order valence-electron chi connectivity index (χ3n) is 4.26. The lowest BCUT2D eigenvalue weighted by atomic mass is 10.2. The fraction of sp³-hybridized carbons (Fsp3) is 0.250. The quantitative estimate of drug-likeness (QED) is 0.834. The molecule has 0 radical (unpaired) electrons. The van der Waals surface area contributed by atoms with Crippen molar-refractivity contribution in [2.24, 2.45) is 0 Å². The molecule has 1 heterocycles. The van der Waals surface area contributed by atoms with Gasteiger partial charge in [-0.1, -0.05) is 30.3 Å². The van der Waals surface area contributed by atoms with Gasteiger partial charge in [-0.2, -0.15) is 0 Å². The zero-order valence-corrected chi connectivity index (χ0v) is 14.4. The number of anilines is 1. The van der Waals surface area contributed by atoms with Gasteiger partial charge in [-0.05, 0) is 36.2 Å². The van der Waals surface area contributed by atoms with Gasteiger partial charge in [-0.25, -0.2) is 0 Å². The molecular formula is C20H21N3O3. The molecule has 0 unspecified atom stereocenters. The molecule has 2 N–H and O–H groups in total. The van der Waals surface area contributed by atoms with Crippen LogP contribution >= 0.6 is 0 Å². The largest absolute Gasteiger partial charge is 0.350 e. The normalized spacial score (nSPS) is 13.5. The zero-order valence-electron chi connectivity index (χ0n) is 14.4. The molecule has 0 saturated carbocycles. The van der Waals surface area contributed by atoms with Crippen molar-refractivity contribution in [1.82, 2.24) is 10.6 Å². The lowest BCUT2D eigenvalue weighted by molar-refractivity contribution is -0.120. The molecule has 6 heteroatoms. The number of carbonyl (C=O) groups excluding carboxylic acids is 3. The minimum Gasteiger partial charge on any atom is -0.350 e. The Morgan fingerprint density at radius 2 is 1.69 bits per heavy atom. The SMILES string of the molecule is O=C(CNC(=O)c1ccccc1)NCc1ccc(N2CCCC2=O)cc1. The van der Waals surface area contributed by atoms with Crippen molar-refractivity contribution in [2.45, 2.75) is 19.4 Å². The lowest BCUT2D eigenvalue weighted by Crippen LogP contribution is -2.36. The summed E-state index contributed by atoms with van der Waals surface area (Å²) in [7, 11) is 0. The standard InChI is InChI=1S/C20H21N3O3/c24-18(14-22-20(26)16-5-2-1-3-6-16)21-13-15-8-10-17(11-9-15)23-12-4-7-19(23)25/h1-3,5-6,8-11H,4,7,12-14H2,(H,21,24)(H,22,26). The summed E-state index contributed by atoms with van der Waals surface area (Å²) in [4.78, 5) is 37.3. The van der Waals surface area contributed by atoms with Crippen LogP contribution in [0.2, 0.25) is 0 Å². The van der Waals surface area contributed by atoms with Gasteiger partial charge in [0, 0.05) is 30.8 Å². The highest BCUT2D eigenvalue weighted by molar-refractivity contribution is 5.96. The molecule has 134 valence electrons. The second-order valence-electron chi connectivity index (χ2n) is 6.14. The van der Waals surface area contributed by atoms with Crippen LogP contribution in [0.3, 0.4) is 0 Å². The number of nitrogens with zero attached hydrogens (tertiary/aromatic N) is 1. The smallest absolute Gasteiger partial charge is 0.251 e. The Balaban J connectivity index is 1.44. The highest BCUT2D eigenvalue weighted by Gasteiger charge is 2.21. The molecule has 0 aliphatic carbocycles. The summed E-state index contributed by atoms with van der Waals surface area (Å²) in [6.45, 7) is 1.05. The van der Waals surface area contributed by atoms with Gasteiger partial charge in [0.25, 0.3) is 5.91 Å². The number of hydrogen-bond acceptors (Lipinski definition) is 3. The van der Waals surface area contributed by atoms with Crippen LogP contribution in [0.4, 0.5) is 5.69 Å². The van der Waals surface area contributed by atoms with Crippen molar-refractivity contribution in [1.29, 1.82) is 0 Å². The van der Waals surface area contributed by atoms with E-state index < -0.39 is 0 Å². The van der Waals surface area contributed by atoms with Crippen molar-refractivity contribution in [3.05, 3.63) is 65.7 Å². The molecule has 1 fully saturated rings. The summed E-state index contributed by atoms with van der Waals surface area (Å²) in [6.07, 6.45) is 1.50. The summed E-state index contributed by atoms with van der Waals surface area (Å²) in [5.41, 5.74) is 2.34. The second-order valence-corrected chi connectivity index (χ2v) is 6.14. The van der Waals surface area contributed by atoms with Gasteiger partial charge in [0.05, 0.1) is 6.54 Å². The van der Waals surface area contributed by atoms with Crippen LogP contribution in [0.25, 0.3) is 0 Å². The summed E-state index contributed by atoms with van der Waals surface area (Å²) in [5, 5.41) is 5.36. The average molecular weight is 351 g/mol. The van der Waals surface area contributed by atoms with Gasteiger partial charge in [-0.3, -0.25) is 14.4 Å². The van der Waals surface area contributed by atoms with Gasteiger partial charge in [0.2, 0.25) is 11.8 Å². The Morgan fingerprint density at radius 1 is 0.962 bits per heavy atom. The third-order valence-corrected chi connectivity index (χ3v) is 4.26. The van der Waals surface area contributed by atoms with E-state index in [9.17, 15) is 14.4 Å². The zero-order chi connectivity index (χ0) is 18.4. The van der Waals surface area contributed by atoms with Crippen molar-refractivity contribution in [3.63, 3.8) is 0 Å². The van der Waals surface area contributed by atoms with Crippen LogP contribution in [0.5, 0.6) is 0 Å². The minimum absolute atomic E-state index is 0.0753. The van der Waals surface area contributed by atoms with Crippen LogP contribution in [0.1, 0.15) is 28.8 Å². The lowest BCUT2D eigenvalue weighted by Gasteiger charge is -2.16. The maximum Gasteiger partial charge on any atom is 0.251 e. The second kappa shape index (κ2) is 8.29. The Hall–Kier alpha value is -3.15. The fourth-order valence-corrected chi connectivity index (χ4v) is 2.83. The van der Waals surface area contributed by atoms with E-state index in [1.54, 1.807) is 29.2 Å². The molecule has 6 nitrogen and oxygen atoms in total. The van der Waals surface area contributed by atoms with Crippen molar-refractivity contribution in [3.8, 4) is 0 Å². The van der Waals surface area contributed by atoms with Gasteiger partial charge < -0.3 is 15.5 Å². The number of benzene rings is 2. The molecule has 2 aromatic carbocycles. The molecule has 0 aromatic heterocycles. The number of carbonyl (C=O) groups is 3. The molecule has 1 saturated heterocycles. The number of rotatable bonds is 6. The first-order chi connectivity index (χ1) is 12.6. The fourth-order valence-electron chi connectivity index (χ4n) is 2.83. The Labute approximate surface area is 152 Å². The van der Waals surface area contributed by atoms with E-state index in [1.165, 1.54) is 0 Å². The van der Waals surface area contributed by atoms with E-state index in [0.717, 1.165) is 24.2 Å². The third kappa shape index (κ3) is 4.47. The van der Waals surface area contributed by atoms with E-state index in [0.29, 0.717) is 18.5 Å². The highest BCUT2D eigenvalue weighted by atomic mass is 16.2. The molecule has 3 amide bonds. The first-order valence-electron chi connectivity index (χ1n) is 8.63. The molecule has 0 atom stereocenters. The van der Waals surface area contributed by atoms with Crippen molar-refractivity contribution >= 4 is 23.4 Å². The molecule has 26 heavy (non-hydrogen) atoms. The monoisotopic (exact) mass is 351 g/mol. The van der Waals surface area contributed by atoms with Gasteiger partial charge >= 0.3 is 0 Å². The molecule has 3 rings (SSSR count). The molecule has 1 aliphatic rings. The van der Waals surface area contributed by atoms with Gasteiger partial charge in [0.15, 0.2) is 0 Å². The molecule has 1 aliphatic heterocycles. The maximum absolute atomic E-state index is 11.9. The predicted octanol–water partition coefficient (Wildman–Crippen LogP) is 1.86. The predicted molar refractivity (Wildman–Crippen MR) is 98.7 cm³/mol. The first-order valence-corrected chi connectivity index (χ1v) is 8.63. The summed E-state index contributed by atoms with van der Waals surface area (Å²) >= 11 is 0. The molecule has 2 aromatic rings. The summed E-state index contributed by atoms with van der Waals surface area (Å²) in [6, 6.07) is 16.3. The maximum atomic E-state index is 11.9. The summed E-state index contributed by atoms with van der Waals surface area (Å²) in [5.74, 6) is -0.381. The Bertz CT molecular complexity index is 788. The Morgan fingerprint density at radius 3 is 2.35 bits per heavy atom. The minimum atomic E-state index is -0.277. The highest BCUT2D eigenvalue weighted by Crippen LogP contribution is 2.21. The molecule has 0 bridgehead atoms. The number of hydrogen-bond donors (Lipinski definition) is 2. The number of amides is 3. The molecule has 0 spiro atoms.